The van der Waals surface area contributed by atoms with Gasteiger partial charge in [-0.1, -0.05) is 13.8 Å². The molecule has 0 atom stereocenters. The third-order valence-electron chi connectivity index (χ3n) is 4.85. The number of Topliss-reactive ketones (excluding diaryl/α,β-unsaturated/α-hetero) is 1. The molecule has 2 heterocycles. The van der Waals surface area contributed by atoms with E-state index in [2.05, 4.69) is 18.7 Å². The Balaban J connectivity index is 2.00. The van der Waals surface area contributed by atoms with E-state index in [4.69, 9.17) is 4.74 Å². The highest BCUT2D eigenvalue weighted by atomic mass is 32.1. The number of carbonyl (C=O) groups is 1. The molecule has 0 saturated carbocycles. The van der Waals surface area contributed by atoms with E-state index in [1.54, 1.807) is 17.4 Å². The number of aryl methyl sites for hydroxylation is 2. The molecule has 4 nitrogen and oxygen atoms in total. The fourth-order valence-electron chi connectivity index (χ4n) is 3.51. The summed E-state index contributed by atoms with van der Waals surface area (Å²) in [5.41, 5.74) is 3.16. The number of hydrogen-bond acceptors (Lipinski definition) is 5. The molecule has 1 aromatic carbocycles. The summed E-state index contributed by atoms with van der Waals surface area (Å²) in [7, 11) is 0. The number of allylic oxidation sites excluding steroid dienone is 1. The smallest absolute Gasteiger partial charge is 0.232 e. The van der Waals surface area contributed by atoms with Crippen molar-refractivity contribution in [2.24, 2.45) is 0 Å². The van der Waals surface area contributed by atoms with Crippen LogP contribution >= 0.6 is 11.3 Å². The van der Waals surface area contributed by atoms with Crippen LogP contribution in [-0.4, -0.2) is 28.9 Å². The Morgan fingerprint density at radius 3 is 2.48 bits per heavy atom. The zero-order valence-electron chi connectivity index (χ0n) is 16.5. The summed E-state index contributed by atoms with van der Waals surface area (Å²) >= 11 is 1.59. The first-order valence-electron chi connectivity index (χ1n) is 9.52. The summed E-state index contributed by atoms with van der Waals surface area (Å²) in [6.45, 7) is 10.6. The SMILES string of the molecule is CCCN(CCC)Cc1c(O)cc(C)c2c1O/C(=C\c1sccc1C)C2=O. The Labute approximate surface area is 165 Å². The molecule has 0 bridgehead atoms. The molecule has 0 amide bonds. The predicted molar refractivity (Wildman–Crippen MR) is 111 cm³/mol. The number of phenols is 1. The molecule has 1 N–H and O–H groups in total. The van der Waals surface area contributed by atoms with Gasteiger partial charge in [0.1, 0.15) is 11.5 Å². The monoisotopic (exact) mass is 385 g/mol. The Morgan fingerprint density at radius 1 is 1.19 bits per heavy atom. The molecule has 27 heavy (non-hydrogen) atoms. The number of phenolic OH excluding ortho intramolecular Hbond substituents is 1. The van der Waals surface area contributed by atoms with E-state index in [-0.39, 0.29) is 11.5 Å². The maximum Gasteiger partial charge on any atom is 0.232 e. The van der Waals surface area contributed by atoms with Crippen LogP contribution in [-0.2, 0) is 6.54 Å². The summed E-state index contributed by atoms with van der Waals surface area (Å²) in [4.78, 5) is 16.3. The Hall–Kier alpha value is -2.11. The van der Waals surface area contributed by atoms with Crippen molar-refractivity contribution in [1.29, 1.82) is 0 Å². The second kappa shape index (κ2) is 8.28. The maximum atomic E-state index is 13.0. The van der Waals surface area contributed by atoms with Crippen LogP contribution in [0.25, 0.3) is 6.08 Å². The number of ether oxygens (including phenoxy) is 1. The number of benzene rings is 1. The van der Waals surface area contributed by atoms with Crippen molar-refractivity contribution in [1.82, 2.24) is 4.90 Å². The van der Waals surface area contributed by atoms with Crippen LogP contribution in [0.5, 0.6) is 11.5 Å². The van der Waals surface area contributed by atoms with Crippen LogP contribution in [0.3, 0.4) is 0 Å². The Bertz CT molecular complexity index is 876. The molecule has 2 aromatic rings. The zero-order valence-corrected chi connectivity index (χ0v) is 17.3. The number of carbonyl (C=O) groups excluding carboxylic acids is 1. The summed E-state index contributed by atoms with van der Waals surface area (Å²) in [5.74, 6) is 0.956. The quantitative estimate of drug-likeness (QED) is 0.656. The number of thiophene rings is 1. The Kier molecular flexibility index (Phi) is 6.02. The second-order valence-corrected chi connectivity index (χ2v) is 8.03. The van der Waals surface area contributed by atoms with Gasteiger partial charge >= 0.3 is 0 Å². The summed E-state index contributed by atoms with van der Waals surface area (Å²) in [6.07, 6.45) is 3.90. The van der Waals surface area contributed by atoms with Crippen molar-refractivity contribution >= 4 is 23.2 Å². The average molecular weight is 386 g/mol. The first-order chi connectivity index (χ1) is 13.0. The van der Waals surface area contributed by atoms with Gasteiger partial charge in [0.15, 0.2) is 5.76 Å². The average Bonchev–Trinajstić information content (AvgIpc) is 3.16. The minimum atomic E-state index is -0.103. The highest BCUT2D eigenvalue weighted by Crippen LogP contribution is 2.42. The van der Waals surface area contributed by atoms with Crippen molar-refractivity contribution in [2.45, 2.75) is 47.1 Å². The van der Waals surface area contributed by atoms with Crippen LogP contribution in [0.15, 0.2) is 23.3 Å². The standard InChI is InChI=1S/C22H27NO3S/c1-5-8-23(9-6-2)13-16-17(24)11-15(4)20-21(25)18(26-22(16)20)12-19-14(3)7-10-27-19/h7,10-12,24H,5-6,8-9,13H2,1-4H3/b18-12-. The molecule has 0 aliphatic carbocycles. The van der Waals surface area contributed by atoms with Gasteiger partial charge in [-0.2, -0.15) is 0 Å². The molecule has 0 spiro atoms. The maximum absolute atomic E-state index is 13.0. The normalized spacial score (nSPS) is 14.9. The van der Waals surface area contributed by atoms with Gasteiger partial charge in [-0.15, -0.1) is 11.3 Å². The molecule has 0 saturated heterocycles. The van der Waals surface area contributed by atoms with E-state index in [0.29, 0.717) is 29.2 Å². The zero-order chi connectivity index (χ0) is 19.6. The molecule has 1 aromatic heterocycles. The lowest BCUT2D eigenvalue weighted by atomic mass is 9.99. The van der Waals surface area contributed by atoms with Crippen LogP contribution in [0.1, 0.15) is 58.6 Å². The number of ketones is 1. The van der Waals surface area contributed by atoms with E-state index in [1.165, 1.54) is 0 Å². The first kappa shape index (κ1) is 19.6. The lowest BCUT2D eigenvalue weighted by molar-refractivity contribution is 0.101. The second-order valence-electron chi connectivity index (χ2n) is 7.08. The summed E-state index contributed by atoms with van der Waals surface area (Å²) in [5, 5.41) is 12.6. The van der Waals surface area contributed by atoms with Gasteiger partial charge in [-0.25, -0.2) is 0 Å². The van der Waals surface area contributed by atoms with Crippen molar-refractivity contribution in [3.63, 3.8) is 0 Å². The lowest BCUT2D eigenvalue weighted by Crippen LogP contribution is -2.25. The molecule has 0 fully saturated rings. The van der Waals surface area contributed by atoms with E-state index in [0.717, 1.165) is 41.9 Å². The Morgan fingerprint density at radius 2 is 1.89 bits per heavy atom. The minimum Gasteiger partial charge on any atom is -0.507 e. The molecule has 0 radical (unpaired) electrons. The molecular formula is C22H27NO3S. The summed E-state index contributed by atoms with van der Waals surface area (Å²) in [6, 6.07) is 3.71. The molecule has 0 unspecified atom stereocenters. The van der Waals surface area contributed by atoms with Crippen molar-refractivity contribution < 1.29 is 14.6 Å². The molecule has 5 heteroatoms. The molecule has 144 valence electrons. The van der Waals surface area contributed by atoms with E-state index >= 15 is 0 Å². The molecular weight excluding hydrogens is 358 g/mol. The van der Waals surface area contributed by atoms with Gasteiger partial charge in [-0.05, 0) is 68.4 Å². The summed E-state index contributed by atoms with van der Waals surface area (Å²) < 4.78 is 6.03. The van der Waals surface area contributed by atoms with Crippen LogP contribution < -0.4 is 4.74 Å². The van der Waals surface area contributed by atoms with Crippen LogP contribution in [0.2, 0.25) is 0 Å². The third-order valence-corrected chi connectivity index (χ3v) is 5.81. The highest BCUT2D eigenvalue weighted by Gasteiger charge is 2.33. The highest BCUT2D eigenvalue weighted by molar-refractivity contribution is 7.11. The van der Waals surface area contributed by atoms with E-state index in [9.17, 15) is 9.90 Å². The molecule has 3 rings (SSSR count). The first-order valence-corrected chi connectivity index (χ1v) is 10.4. The molecule has 1 aliphatic heterocycles. The minimum absolute atomic E-state index is 0.103. The van der Waals surface area contributed by atoms with Crippen molar-refractivity contribution in [2.75, 3.05) is 13.1 Å². The van der Waals surface area contributed by atoms with E-state index in [1.807, 2.05) is 31.4 Å². The fraction of sp³-hybridized carbons (Fsp3) is 0.409. The van der Waals surface area contributed by atoms with Crippen molar-refractivity contribution in [3.8, 4) is 11.5 Å². The number of hydrogen-bond donors (Lipinski definition) is 1. The lowest BCUT2D eigenvalue weighted by Gasteiger charge is -2.22. The van der Waals surface area contributed by atoms with Crippen LogP contribution in [0, 0.1) is 13.8 Å². The topological polar surface area (TPSA) is 49.8 Å². The van der Waals surface area contributed by atoms with Gasteiger partial charge in [-0.3, -0.25) is 9.69 Å². The number of fused-ring (bicyclic) bond motifs is 1. The number of rotatable bonds is 7. The van der Waals surface area contributed by atoms with Gasteiger partial charge < -0.3 is 9.84 Å². The van der Waals surface area contributed by atoms with Gasteiger partial charge in [0.2, 0.25) is 5.78 Å². The van der Waals surface area contributed by atoms with Crippen LogP contribution in [0.4, 0.5) is 0 Å². The van der Waals surface area contributed by atoms with Gasteiger partial charge in [0.25, 0.3) is 0 Å². The predicted octanol–water partition coefficient (Wildman–Crippen LogP) is 5.31. The molecule has 1 aliphatic rings. The number of aromatic hydroxyl groups is 1. The largest absolute Gasteiger partial charge is 0.507 e. The van der Waals surface area contributed by atoms with E-state index < -0.39 is 0 Å². The number of nitrogens with zero attached hydrogens (tertiary/aromatic N) is 1. The van der Waals surface area contributed by atoms with Gasteiger partial charge in [0.05, 0.1) is 11.1 Å². The van der Waals surface area contributed by atoms with Gasteiger partial charge in [0, 0.05) is 17.5 Å². The third kappa shape index (κ3) is 3.94. The fourth-order valence-corrected chi connectivity index (χ4v) is 4.36. The van der Waals surface area contributed by atoms with Crippen molar-refractivity contribution in [3.05, 3.63) is 50.4 Å².